The van der Waals surface area contributed by atoms with Gasteiger partial charge in [-0.1, -0.05) is 20.3 Å². The van der Waals surface area contributed by atoms with E-state index in [1.807, 2.05) is 19.2 Å². The van der Waals surface area contributed by atoms with Crippen LogP contribution >= 0.6 is 11.3 Å². The van der Waals surface area contributed by atoms with Crippen LogP contribution in [-0.2, 0) is 16.1 Å². The molecular formula is C13H19N3O2S. The summed E-state index contributed by atoms with van der Waals surface area (Å²) >= 11 is 1.53. The third-order valence-electron chi connectivity index (χ3n) is 3.53. The molecule has 0 spiro atoms. The van der Waals surface area contributed by atoms with Gasteiger partial charge in [-0.05, 0) is 5.92 Å². The highest BCUT2D eigenvalue weighted by atomic mass is 32.1. The largest absolute Gasteiger partial charge is 0.344 e. The van der Waals surface area contributed by atoms with Crippen molar-refractivity contribution in [3.63, 3.8) is 0 Å². The van der Waals surface area contributed by atoms with E-state index in [4.69, 9.17) is 0 Å². The molecule has 0 bridgehead atoms. The van der Waals surface area contributed by atoms with E-state index in [9.17, 15) is 9.59 Å². The van der Waals surface area contributed by atoms with Gasteiger partial charge >= 0.3 is 0 Å². The molecule has 104 valence electrons. The Bertz CT molecular complexity index is 447. The third kappa shape index (κ3) is 3.32. The summed E-state index contributed by atoms with van der Waals surface area (Å²) in [6.45, 7) is 4.99. The minimum absolute atomic E-state index is 0.00963. The van der Waals surface area contributed by atoms with Crippen molar-refractivity contribution in [2.75, 3.05) is 6.54 Å². The lowest BCUT2D eigenvalue weighted by Gasteiger charge is -2.26. The van der Waals surface area contributed by atoms with E-state index in [2.05, 4.69) is 10.3 Å². The summed E-state index contributed by atoms with van der Waals surface area (Å²) in [5.74, 6) is 0.115. The number of hydrogen-bond acceptors (Lipinski definition) is 4. The summed E-state index contributed by atoms with van der Waals surface area (Å²) in [5, 5.41) is 5.65. The Labute approximate surface area is 117 Å². The molecule has 2 atom stereocenters. The van der Waals surface area contributed by atoms with Crippen molar-refractivity contribution in [1.82, 2.24) is 15.2 Å². The zero-order valence-corrected chi connectivity index (χ0v) is 12.1. The molecule has 1 aromatic heterocycles. The number of carbonyl (C=O) groups is 2. The zero-order valence-electron chi connectivity index (χ0n) is 11.3. The van der Waals surface area contributed by atoms with Gasteiger partial charge in [0, 0.05) is 24.5 Å². The van der Waals surface area contributed by atoms with E-state index in [0.29, 0.717) is 19.5 Å². The minimum atomic E-state index is -0.403. The van der Waals surface area contributed by atoms with Crippen molar-refractivity contribution in [2.45, 2.75) is 39.3 Å². The van der Waals surface area contributed by atoms with Crippen LogP contribution in [0.25, 0.3) is 0 Å². The monoisotopic (exact) mass is 281 g/mol. The number of carbonyl (C=O) groups excluding carboxylic acids is 2. The lowest BCUT2D eigenvalue weighted by atomic mass is 9.98. The fraction of sp³-hybridized carbons (Fsp3) is 0.615. The average molecular weight is 281 g/mol. The van der Waals surface area contributed by atoms with Gasteiger partial charge < -0.3 is 10.2 Å². The van der Waals surface area contributed by atoms with Gasteiger partial charge in [0.25, 0.3) is 0 Å². The minimum Gasteiger partial charge on any atom is -0.344 e. The average Bonchev–Trinajstić information content (AvgIpc) is 2.87. The molecule has 1 N–H and O–H groups in total. The predicted molar refractivity (Wildman–Crippen MR) is 73.5 cm³/mol. The molecule has 19 heavy (non-hydrogen) atoms. The first-order valence-electron chi connectivity index (χ1n) is 6.58. The number of nitrogens with zero attached hydrogens (tertiary/aromatic N) is 2. The number of aromatic nitrogens is 1. The van der Waals surface area contributed by atoms with E-state index < -0.39 is 6.04 Å². The fourth-order valence-electron chi connectivity index (χ4n) is 2.12. The highest BCUT2D eigenvalue weighted by Gasteiger charge is 2.33. The number of hydrogen-bond donors (Lipinski definition) is 1. The number of thiazole rings is 1. The highest BCUT2D eigenvalue weighted by Crippen LogP contribution is 2.17. The van der Waals surface area contributed by atoms with Gasteiger partial charge in [0.2, 0.25) is 11.8 Å². The molecule has 0 saturated carbocycles. The molecule has 1 fully saturated rings. The highest BCUT2D eigenvalue weighted by molar-refractivity contribution is 7.09. The Hall–Kier alpha value is -1.43. The van der Waals surface area contributed by atoms with Crippen LogP contribution in [-0.4, -0.2) is 34.3 Å². The van der Waals surface area contributed by atoms with Gasteiger partial charge in [-0.15, -0.1) is 11.3 Å². The summed E-state index contributed by atoms with van der Waals surface area (Å²) in [6.07, 6.45) is 2.96. The van der Waals surface area contributed by atoms with Crippen LogP contribution in [0.15, 0.2) is 11.6 Å². The Morgan fingerprint density at radius 3 is 3.00 bits per heavy atom. The van der Waals surface area contributed by atoms with Gasteiger partial charge in [-0.25, -0.2) is 4.98 Å². The van der Waals surface area contributed by atoms with Crippen LogP contribution in [0.3, 0.4) is 0 Å². The van der Waals surface area contributed by atoms with Crippen LogP contribution in [0.2, 0.25) is 0 Å². The second kappa shape index (κ2) is 6.14. The maximum atomic E-state index is 12.5. The molecule has 1 aliphatic rings. The second-order valence-electron chi connectivity index (χ2n) is 4.87. The van der Waals surface area contributed by atoms with E-state index in [-0.39, 0.29) is 17.7 Å². The molecule has 0 radical (unpaired) electrons. The normalized spacial score (nSPS) is 22.0. The Morgan fingerprint density at radius 1 is 1.58 bits per heavy atom. The lowest BCUT2D eigenvalue weighted by Crippen LogP contribution is -2.48. The van der Waals surface area contributed by atoms with Crippen molar-refractivity contribution < 1.29 is 9.59 Å². The SMILES string of the molecule is CCC(C)C1NC(=O)CCN(Cc2nccs2)C1=O. The number of amides is 2. The van der Waals surface area contributed by atoms with Crippen molar-refractivity contribution in [3.8, 4) is 0 Å². The first kappa shape index (κ1) is 14.0. The summed E-state index contributed by atoms with van der Waals surface area (Å²) in [6, 6.07) is -0.403. The Kier molecular flexibility index (Phi) is 4.52. The van der Waals surface area contributed by atoms with Crippen molar-refractivity contribution in [3.05, 3.63) is 16.6 Å². The molecule has 2 unspecified atom stereocenters. The number of nitrogens with one attached hydrogen (secondary N) is 1. The molecule has 2 amide bonds. The van der Waals surface area contributed by atoms with E-state index in [1.165, 1.54) is 11.3 Å². The van der Waals surface area contributed by atoms with Crippen LogP contribution in [0, 0.1) is 5.92 Å². The summed E-state index contributed by atoms with van der Waals surface area (Å²) in [4.78, 5) is 30.2. The zero-order chi connectivity index (χ0) is 13.8. The molecule has 0 aromatic carbocycles. The van der Waals surface area contributed by atoms with E-state index in [1.54, 1.807) is 11.1 Å². The molecular weight excluding hydrogens is 262 g/mol. The Morgan fingerprint density at radius 2 is 2.37 bits per heavy atom. The van der Waals surface area contributed by atoms with E-state index in [0.717, 1.165) is 11.4 Å². The summed E-state index contributed by atoms with van der Waals surface area (Å²) in [5.41, 5.74) is 0. The molecule has 5 nitrogen and oxygen atoms in total. The predicted octanol–water partition coefficient (Wildman–Crippen LogP) is 1.41. The van der Waals surface area contributed by atoms with Crippen LogP contribution in [0.5, 0.6) is 0 Å². The van der Waals surface area contributed by atoms with E-state index >= 15 is 0 Å². The van der Waals surface area contributed by atoms with Crippen LogP contribution in [0.4, 0.5) is 0 Å². The number of rotatable bonds is 4. The summed E-state index contributed by atoms with van der Waals surface area (Å²) < 4.78 is 0. The van der Waals surface area contributed by atoms with Gasteiger partial charge in [-0.3, -0.25) is 9.59 Å². The van der Waals surface area contributed by atoms with Gasteiger partial charge in [-0.2, -0.15) is 0 Å². The molecule has 2 heterocycles. The van der Waals surface area contributed by atoms with Gasteiger partial charge in [0.05, 0.1) is 6.54 Å². The first-order valence-corrected chi connectivity index (χ1v) is 7.46. The smallest absolute Gasteiger partial charge is 0.245 e. The summed E-state index contributed by atoms with van der Waals surface area (Å²) in [7, 11) is 0. The molecule has 1 aliphatic heterocycles. The van der Waals surface area contributed by atoms with Crippen LogP contribution < -0.4 is 5.32 Å². The van der Waals surface area contributed by atoms with Gasteiger partial charge in [0.15, 0.2) is 0 Å². The molecule has 6 heteroatoms. The standard InChI is InChI=1S/C13H19N3O2S/c1-3-9(2)12-13(18)16(6-4-10(17)15-12)8-11-14-5-7-19-11/h5,7,9,12H,3-4,6,8H2,1-2H3,(H,15,17). The molecule has 0 aliphatic carbocycles. The molecule has 2 rings (SSSR count). The first-order chi connectivity index (χ1) is 9.11. The Balaban J connectivity index is 2.13. The lowest BCUT2D eigenvalue weighted by molar-refractivity contribution is -0.135. The van der Waals surface area contributed by atoms with Crippen molar-refractivity contribution in [1.29, 1.82) is 0 Å². The fourth-order valence-corrected chi connectivity index (χ4v) is 2.75. The van der Waals surface area contributed by atoms with Gasteiger partial charge in [0.1, 0.15) is 11.0 Å². The quantitative estimate of drug-likeness (QED) is 0.907. The molecule has 1 aromatic rings. The van der Waals surface area contributed by atoms with Crippen molar-refractivity contribution in [2.24, 2.45) is 5.92 Å². The van der Waals surface area contributed by atoms with Crippen LogP contribution in [0.1, 0.15) is 31.7 Å². The maximum absolute atomic E-state index is 12.5. The second-order valence-corrected chi connectivity index (χ2v) is 5.85. The topological polar surface area (TPSA) is 62.3 Å². The maximum Gasteiger partial charge on any atom is 0.245 e. The van der Waals surface area contributed by atoms with Crippen molar-refractivity contribution >= 4 is 23.2 Å². The third-order valence-corrected chi connectivity index (χ3v) is 4.29. The molecule has 1 saturated heterocycles.